The number of nitrogens with zero attached hydrogens (tertiary/aromatic N) is 1. The third kappa shape index (κ3) is 4.74. The number of nitrogens with two attached hydrogens (primary N) is 1. The highest BCUT2D eigenvalue weighted by molar-refractivity contribution is 7.89. The topological polar surface area (TPSA) is 119 Å². The fraction of sp³-hybridized carbons (Fsp3) is 0.444. The van der Waals surface area contributed by atoms with Crippen molar-refractivity contribution in [1.29, 1.82) is 0 Å². The predicted octanol–water partition coefficient (Wildman–Crippen LogP) is 0.714. The van der Waals surface area contributed by atoms with Gasteiger partial charge in [0.2, 0.25) is 21.8 Å². The van der Waals surface area contributed by atoms with Gasteiger partial charge in [0, 0.05) is 18.8 Å². The van der Waals surface area contributed by atoms with Gasteiger partial charge in [-0.1, -0.05) is 12.2 Å². The fourth-order valence-electron chi connectivity index (χ4n) is 3.36. The molecule has 1 fully saturated rings. The molecule has 3 rings (SSSR count). The van der Waals surface area contributed by atoms with Gasteiger partial charge < -0.3 is 15.0 Å². The van der Waals surface area contributed by atoms with Crippen molar-refractivity contribution in [3.8, 4) is 0 Å². The number of benzene rings is 1. The van der Waals surface area contributed by atoms with E-state index in [0.29, 0.717) is 44.8 Å². The maximum Gasteiger partial charge on any atom is 0.238 e. The third-order valence-corrected chi connectivity index (χ3v) is 5.79. The lowest BCUT2D eigenvalue weighted by Crippen LogP contribution is -2.47. The Morgan fingerprint density at radius 2 is 1.63 bits per heavy atom. The molecule has 1 aliphatic heterocycles. The molecular weight excluding hydrogens is 370 g/mol. The Morgan fingerprint density at radius 3 is 2.22 bits per heavy atom. The number of ether oxygens (including phenoxy) is 1. The van der Waals surface area contributed by atoms with Crippen molar-refractivity contribution in [1.82, 2.24) is 4.90 Å². The third-order valence-electron chi connectivity index (χ3n) is 4.86. The van der Waals surface area contributed by atoms with Gasteiger partial charge in [-0.15, -0.1) is 0 Å². The summed E-state index contributed by atoms with van der Waals surface area (Å²) in [6.45, 7) is 2.12. The zero-order chi connectivity index (χ0) is 19.4. The standard InChI is InChI=1S/C18H23N3O5S/c19-27(24,25)14-7-5-13(6-8-14)20-17(22)15-3-1-2-4-16(15)18(23)21-9-11-26-12-10-21/h1-2,5-8,15-16H,3-4,9-12H2,(H,20,22)(H2,19,24,25)/t15-,16-/m1/s1. The van der Waals surface area contributed by atoms with Gasteiger partial charge >= 0.3 is 0 Å². The van der Waals surface area contributed by atoms with E-state index < -0.39 is 21.9 Å². The molecule has 27 heavy (non-hydrogen) atoms. The minimum Gasteiger partial charge on any atom is -0.378 e. The second-order valence-electron chi connectivity index (χ2n) is 6.65. The van der Waals surface area contributed by atoms with Crippen molar-refractivity contribution in [3.05, 3.63) is 36.4 Å². The number of primary sulfonamides is 1. The van der Waals surface area contributed by atoms with Crippen LogP contribution in [0.5, 0.6) is 0 Å². The molecular formula is C18H23N3O5S. The molecule has 1 heterocycles. The predicted molar refractivity (Wildman–Crippen MR) is 99.2 cm³/mol. The normalized spacial score (nSPS) is 23.1. The zero-order valence-corrected chi connectivity index (χ0v) is 15.7. The summed E-state index contributed by atoms with van der Waals surface area (Å²) in [6, 6.07) is 5.63. The Labute approximate surface area is 158 Å². The molecule has 0 aromatic heterocycles. The van der Waals surface area contributed by atoms with Crippen molar-refractivity contribution in [2.45, 2.75) is 17.7 Å². The lowest BCUT2D eigenvalue weighted by Gasteiger charge is -2.34. The average Bonchev–Trinajstić information content (AvgIpc) is 2.68. The maximum absolute atomic E-state index is 12.9. The summed E-state index contributed by atoms with van der Waals surface area (Å²) in [4.78, 5) is 27.3. The van der Waals surface area contributed by atoms with E-state index >= 15 is 0 Å². The molecule has 0 radical (unpaired) electrons. The van der Waals surface area contributed by atoms with Gasteiger partial charge in [-0.2, -0.15) is 0 Å². The maximum atomic E-state index is 12.9. The van der Waals surface area contributed by atoms with Crippen LogP contribution < -0.4 is 10.5 Å². The molecule has 9 heteroatoms. The highest BCUT2D eigenvalue weighted by atomic mass is 32.2. The quantitative estimate of drug-likeness (QED) is 0.731. The Hall–Kier alpha value is -2.23. The highest BCUT2D eigenvalue weighted by Crippen LogP contribution is 2.29. The van der Waals surface area contributed by atoms with Gasteiger partial charge in [-0.3, -0.25) is 9.59 Å². The highest BCUT2D eigenvalue weighted by Gasteiger charge is 2.36. The molecule has 3 N–H and O–H groups in total. The fourth-order valence-corrected chi connectivity index (χ4v) is 3.87. The minimum absolute atomic E-state index is 0.0210. The second-order valence-corrected chi connectivity index (χ2v) is 8.21. The summed E-state index contributed by atoms with van der Waals surface area (Å²) in [7, 11) is -3.78. The van der Waals surface area contributed by atoms with Crippen LogP contribution in [-0.2, 0) is 24.3 Å². The first kappa shape index (κ1) is 19.5. The zero-order valence-electron chi connectivity index (χ0n) is 14.8. The van der Waals surface area contributed by atoms with E-state index in [1.165, 1.54) is 24.3 Å². The summed E-state index contributed by atoms with van der Waals surface area (Å²) in [5, 5.41) is 7.85. The van der Waals surface area contributed by atoms with Crippen molar-refractivity contribution < 1.29 is 22.7 Å². The van der Waals surface area contributed by atoms with E-state index in [2.05, 4.69) is 5.32 Å². The van der Waals surface area contributed by atoms with E-state index in [0.717, 1.165) is 0 Å². The van der Waals surface area contributed by atoms with Crippen LogP contribution in [0.4, 0.5) is 5.69 Å². The van der Waals surface area contributed by atoms with Crippen molar-refractivity contribution >= 4 is 27.5 Å². The van der Waals surface area contributed by atoms with Gasteiger partial charge in [0.05, 0.1) is 29.9 Å². The van der Waals surface area contributed by atoms with Crippen LogP contribution >= 0.6 is 0 Å². The molecule has 2 aliphatic rings. The van der Waals surface area contributed by atoms with Gasteiger partial charge in [0.25, 0.3) is 0 Å². The lowest BCUT2D eigenvalue weighted by molar-refractivity contribution is -0.144. The average molecular weight is 393 g/mol. The van der Waals surface area contributed by atoms with Crippen LogP contribution in [0.1, 0.15) is 12.8 Å². The number of carbonyl (C=O) groups is 2. The van der Waals surface area contributed by atoms with Crippen molar-refractivity contribution in [2.24, 2.45) is 17.0 Å². The molecule has 146 valence electrons. The SMILES string of the molecule is NS(=O)(=O)c1ccc(NC(=O)[C@@H]2CC=CC[C@H]2C(=O)N2CCOCC2)cc1. The first-order valence-electron chi connectivity index (χ1n) is 8.81. The Morgan fingerprint density at radius 1 is 1.04 bits per heavy atom. The molecule has 2 atom stereocenters. The van der Waals surface area contributed by atoms with Crippen LogP contribution in [0, 0.1) is 11.8 Å². The Kier molecular flexibility index (Phi) is 5.93. The summed E-state index contributed by atoms with van der Waals surface area (Å²) >= 11 is 0. The van der Waals surface area contributed by atoms with Crippen LogP contribution in [0.3, 0.4) is 0 Å². The van der Waals surface area contributed by atoms with E-state index in [1.54, 1.807) is 4.90 Å². The largest absolute Gasteiger partial charge is 0.378 e. The summed E-state index contributed by atoms with van der Waals surface area (Å²) in [5.41, 5.74) is 0.458. The lowest BCUT2D eigenvalue weighted by atomic mass is 9.81. The van der Waals surface area contributed by atoms with Crippen molar-refractivity contribution in [2.75, 3.05) is 31.6 Å². The molecule has 1 aromatic carbocycles. The van der Waals surface area contributed by atoms with E-state index in [1.807, 2.05) is 12.2 Å². The summed E-state index contributed by atoms with van der Waals surface area (Å²) < 4.78 is 27.9. The monoisotopic (exact) mass is 393 g/mol. The molecule has 0 unspecified atom stereocenters. The molecule has 2 amide bonds. The first-order valence-corrected chi connectivity index (χ1v) is 10.4. The van der Waals surface area contributed by atoms with Gasteiger partial charge in [-0.25, -0.2) is 13.6 Å². The molecule has 1 aliphatic carbocycles. The van der Waals surface area contributed by atoms with Crippen LogP contribution in [-0.4, -0.2) is 51.4 Å². The number of nitrogens with one attached hydrogen (secondary N) is 1. The molecule has 8 nitrogen and oxygen atoms in total. The number of rotatable bonds is 4. The first-order chi connectivity index (χ1) is 12.9. The number of allylic oxidation sites excluding steroid dienone is 2. The molecule has 1 aromatic rings. The minimum atomic E-state index is -3.78. The number of hydrogen-bond acceptors (Lipinski definition) is 5. The smallest absolute Gasteiger partial charge is 0.238 e. The number of hydrogen-bond donors (Lipinski definition) is 2. The second kappa shape index (κ2) is 8.20. The van der Waals surface area contributed by atoms with Crippen molar-refractivity contribution in [3.63, 3.8) is 0 Å². The summed E-state index contributed by atoms with van der Waals surface area (Å²) in [5.74, 6) is -1.15. The Bertz CT molecular complexity index is 829. The van der Waals surface area contributed by atoms with Crippen LogP contribution in [0.25, 0.3) is 0 Å². The van der Waals surface area contributed by atoms with Crippen LogP contribution in [0.15, 0.2) is 41.3 Å². The number of anilines is 1. The number of morpholine rings is 1. The van der Waals surface area contributed by atoms with Gasteiger partial charge in [0.15, 0.2) is 0 Å². The Balaban J connectivity index is 1.70. The van der Waals surface area contributed by atoms with E-state index in [4.69, 9.17) is 9.88 Å². The molecule has 0 bridgehead atoms. The molecule has 1 saturated heterocycles. The van der Waals surface area contributed by atoms with E-state index in [9.17, 15) is 18.0 Å². The number of sulfonamides is 1. The van der Waals surface area contributed by atoms with E-state index in [-0.39, 0.29) is 16.7 Å². The molecule has 0 spiro atoms. The summed E-state index contributed by atoms with van der Waals surface area (Å²) in [6.07, 6.45) is 4.87. The van der Waals surface area contributed by atoms with Gasteiger partial charge in [-0.05, 0) is 37.1 Å². The van der Waals surface area contributed by atoms with Gasteiger partial charge in [0.1, 0.15) is 0 Å². The number of amides is 2. The van der Waals surface area contributed by atoms with Crippen LogP contribution in [0.2, 0.25) is 0 Å². The molecule has 0 saturated carbocycles. The number of carbonyl (C=O) groups excluding carboxylic acids is 2.